The number of fused-ring (bicyclic) bond motifs is 11. The van der Waals surface area contributed by atoms with Crippen molar-refractivity contribution in [1.82, 2.24) is 4.57 Å². The van der Waals surface area contributed by atoms with Crippen LogP contribution in [-0.2, 0) is 5.41 Å². The number of rotatable bonds is 5. The second-order valence-electron chi connectivity index (χ2n) is 14.9. The molecule has 2 heteroatoms. The van der Waals surface area contributed by atoms with Crippen molar-refractivity contribution in [2.45, 2.75) is 31.1 Å². The van der Waals surface area contributed by atoms with E-state index in [1.165, 1.54) is 86.7 Å². The van der Waals surface area contributed by atoms with Crippen LogP contribution in [0, 0.1) is 11.8 Å². The molecular weight excluding hydrogens is 617 g/mol. The number of hydrogen-bond donors (Lipinski definition) is 0. The van der Waals surface area contributed by atoms with Gasteiger partial charge in [-0.25, -0.2) is 0 Å². The van der Waals surface area contributed by atoms with Gasteiger partial charge in [-0.2, -0.15) is 0 Å². The van der Waals surface area contributed by atoms with Crippen LogP contribution in [0.4, 0.5) is 17.1 Å². The molecule has 0 radical (unpaired) electrons. The Bertz CT molecular complexity index is 2560. The molecule has 0 amide bonds. The van der Waals surface area contributed by atoms with E-state index < -0.39 is 0 Å². The van der Waals surface area contributed by atoms with Crippen LogP contribution in [-0.4, -0.2) is 4.57 Å². The molecule has 3 aliphatic carbocycles. The summed E-state index contributed by atoms with van der Waals surface area (Å²) in [6.07, 6.45) is 5.35. The van der Waals surface area contributed by atoms with Crippen LogP contribution in [0.2, 0.25) is 0 Å². The first kappa shape index (κ1) is 28.9. The average Bonchev–Trinajstić information content (AvgIpc) is 3.97. The van der Waals surface area contributed by atoms with Crippen LogP contribution in [0.5, 0.6) is 0 Å². The quantitative estimate of drug-likeness (QED) is 0.179. The first-order valence-electron chi connectivity index (χ1n) is 18.6. The van der Waals surface area contributed by atoms with E-state index in [-0.39, 0.29) is 5.41 Å². The Morgan fingerprint density at radius 1 is 0.510 bits per heavy atom. The number of nitrogens with zero attached hydrogens (tertiary/aromatic N) is 2. The van der Waals surface area contributed by atoms with E-state index in [0.29, 0.717) is 5.92 Å². The van der Waals surface area contributed by atoms with Crippen LogP contribution in [0.3, 0.4) is 0 Å². The van der Waals surface area contributed by atoms with Gasteiger partial charge < -0.3 is 9.47 Å². The lowest BCUT2D eigenvalue weighted by atomic mass is 9.67. The van der Waals surface area contributed by atoms with E-state index in [1.54, 1.807) is 5.56 Å². The molecule has 2 saturated carbocycles. The third kappa shape index (κ3) is 4.17. The highest BCUT2D eigenvalue weighted by molar-refractivity contribution is 6.10. The molecule has 2 nitrogen and oxygen atoms in total. The molecule has 8 aromatic rings. The Balaban J connectivity index is 1.15. The Labute approximate surface area is 299 Å². The van der Waals surface area contributed by atoms with Gasteiger partial charge in [0, 0.05) is 27.6 Å². The second-order valence-corrected chi connectivity index (χ2v) is 14.9. The van der Waals surface area contributed by atoms with Gasteiger partial charge in [0.1, 0.15) is 0 Å². The number of anilines is 3. The van der Waals surface area contributed by atoms with Crippen LogP contribution in [0.1, 0.15) is 36.8 Å². The third-order valence-corrected chi connectivity index (χ3v) is 12.5. The van der Waals surface area contributed by atoms with Crippen molar-refractivity contribution in [3.63, 3.8) is 0 Å². The molecular formula is C49H38N2. The summed E-state index contributed by atoms with van der Waals surface area (Å²) in [6.45, 7) is 0. The molecule has 2 fully saturated rings. The molecule has 0 N–H and O–H groups in total. The molecule has 11 rings (SSSR count). The van der Waals surface area contributed by atoms with Crippen molar-refractivity contribution < 1.29 is 0 Å². The van der Waals surface area contributed by atoms with E-state index in [2.05, 4.69) is 179 Å². The summed E-state index contributed by atoms with van der Waals surface area (Å²) in [7, 11) is 0. The summed E-state index contributed by atoms with van der Waals surface area (Å²) in [5.41, 5.74) is 15.7. The molecule has 244 valence electrons. The van der Waals surface area contributed by atoms with E-state index in [0.717, 1.165) is 17.3 Å². The van der Waals surface area contributed by atoms with Gasteiger partial charge in [0.2, 0.25) is 0 Å². The number of benzene rings is 7. The maximum atomic E-state index is 2.57. The minimum Gasteiger partial charge on any atom is -0.308 e. The zero-order valence-electron chi connectivity index (χ0n) is 28.5. The predicted molar refractivity (Wildman–Crippen MR) is 213 cm³/mol. The summed E-state index contributed by atoms with van der Waals surface area (Å²) in [6, 6.07) is 63.2. The SMILES string of the molecule is c1ccc(-c2ccc(N(c3ccc4c(c3)C3(CC5CCC3C5)c3ccccc3-4)c3ccccc3-n3c4ccccc4c4ccccc43)cc2)cc1. The van der Waals surface area contributed by atoms with E-state index in [1.807, 2.05) is 0 Å². The molecule has 3 aliphatic rings. The van der Waals surface area contributed by atoms with Crippen LogP contribution in [0.15, 0.2) is 170 Å². The lowest BCUT2D eigenvalue weighted by molar-refractivity contribution is 0.327. The standard InChI is InChI=1S/C49H38N2/c1-2-12-34(13-3-1)35-23-26-37(27-24-35)50(47-20-10-11-21-48(47)51-45-18-8-5-15-41(45)42-16-6-9-19-46(42)51)38-28-29-40-39-14-4-7-17-43(39)49(44(40)31-38)32-33-22-25-36(49)30-33/h1-21,23-24,26-29,31,33,36H,22,25,30,32H2. The summed E-state index contributed by atoms with van der Waals surface area (Å²) in [4.78, 5) is 2.51. The van der Waals surface area contributed by atoms with Crippen molar-refractivity contribution >= 4 is 38.9 Å². The summed E-state index contributed by atoms with van der Waals surface area (Å²) >= 11 is 0. The summed E-state index contributed by atoms with van der Waals surface area (Å²) in [5.74, 6) is 1.54. The zero-order chi connectivity index (χ0) is 33.5. The van der Waals surface area contributed by atoms with Crippen molar-refractivity contribution in [2.24, 2.45) is 11.8 Å². The van der Waals surface area contributed by atoms with Gasteiger partial charge in [0.15, 0.2) is 0 Å². The molecule has 3 unspecified atom stereocenters. The van der Waals surface area contributed by atoms with Crippen molar-refractivity contribution in [1.29, 1.82) is 0 Å². The van der Waals surface area contributed by atoms with Crippen LogP contribution >= 0.6 is 0 Å². The Kier molecular flexibility index (Phi) is 6.28. The largest absolute Gasteiger partial charge is 0.308 e. The fourth-order valence-corrected chi connectivity index (χ4v) is 10.4. The Morgan fingerprint density at radius 2 is 1.14 bits per heavy atom. The van der Waals surface area contributed by atoms with E-state index in [4.69, 9.17) is 0 Å². The molecule has 1 heterocycles. The summed E-state index contributed by atoms with van der Waals surface area (Å²) in [5, 5.41) is 2.55. The van der Waals surface area contributed by atoms with Gasteiger partial charge in [-0.1, -0.05) is 128 Å². The van der Waals surface area contributed by atoms with Crippen molar-refractivity contribution in [2.75, 3.05) is 4.90 Å². The minimum absolute atomic E-state index is 0.111. The van der Waals surface area contributed by atoms with Gasteiger partial charge >= 0.3 is 0 Å². The lowest BCUT2D eigenvalue weighted by Crippen LogP contribution is -2.32. The van der Waals surface area contributed by atoms with Crippen molar-refractivity contribution in [3.05, 3.63) is 181 Å². The van der Waals surface area contributed by atoms with Gasteiger partial charge in [-0.3, -0.25) is 0 Å². The second kappa shape index (κ2) is 11.1. The van der Waals surface area contributed by atoms with Crippen LogP contribution < -0.4 is 4.90 Å². The third-order valence-electron chi connectivity index (χ3n) is 12.5. The molecule has 1 spiro atoms. The molecule has 3 atom stereocenters. The van der Waals surface area contributed by atoms with E-state index in [9.17, 15) is 0 Å². The molecule has 51 heavy (non-hydrogen) atoms. The predicted octanol–water partition coefficient (Wildman–Crippen LogP) is 13.0. The highest BCUT2D eigenvalue weighted by atomic mass is 15.2. The molecule has 7 aromatic carbocycles. The normalized spacial score (nSPS) is 19.9. The van der Waals surface area contributed by atoms with Gasteiger partial charge in [-0.15, -0.1) is 0 Å². The zero-order valence-corrected chi connectivity index (χ0v) is 28.5. The monoisotopic (exact) mass is 654 g/mol. The van der Waals surface area contributed by atoms with Crippen LogP contribution in [0.25, 0.3) is 49.7 Å². The van der Waals surface area contributed by atoms with Gasteiger partial charge in [0.05, 0.1) is 22.4 Å². The van der Waals surface area contributed by atoms with Crippen molar-refractivity contribution in [3.8, 4) is 27.9 Å². The highest BCUT2D eigenvalue weighted by Crippen LogP contribution is 2.66. The van der Waals surface area contributed by atoms with Gasteiger partial charge in [0.25, 0.3) is 0 Å². The van der Waals surface area contributed by atoms with Gasteiger partial charge in [-0.05, 0) is 113 Å². The Hall–Kier alpha value is -5.86. The average molecular weight is 655 g/mol. The molecule has 1 aromatic heterocycles. The first-order valence-corrected chi connectivity index (χ1v) is 18.6. The Morgan fingerprint density at radius 3 is 1.88 bits per heavy atom. The lowest BCUT2D eigenvalue weighted by Gasteiger charge is -2.37. The number of aromatic nitrogens is 1. The molecule has 2 bridgehead atoms. The summed E-state index contributed by atoms with van der Waals surface area (Å²) < 4.78 is 2.46. The maximum absolute atomic E-state index is 2.57. The highest BCUT2D eigenvalue weighted by Gasteiger charge is 2.56. The number of para-hydroxylation sites is 4. The minimum atomic E-state index is 0.111. The fourth-order valence-electron chi connectivity index (χ4n) is 10.4. The number of hydrogen-bond acceptors (Lipinski definition) is 1. The van der Waals surface area contributed by atoms with E-state index >= 15 is 0 Å². The smallest absolute Gasteiger partial charge is 0.0702 e. The molecule has 0 saturated heterocycles. The fraction of sp³-hybridized carbons (Fsp3) is 0.143. The maximum Gasteiger partial charge on any atom is 0.0702 e. The first-order chi connectivity index (χ1) is 25.3. The molecule has 0 aliphatic heterocycles. The topological polar surface area (TPSA) is 8.17 Å².